The van der Waals surface area contributed by atoms with Crippen LogP contribution in [0.5, 0.6) is 0 Å². The van der Waals surface area contributed by atoms with Crippen LogP contribution in [0, 0.1) is 6.92 Å². The van der Waals surface area contributed by atoms with Crippen LogP contribution in [0.15, 0.2) is 64.5 Å². The Morgan fingerprint density at radius 1 is 1.12 bits per heavy atom. The first kappa shape index (κ1) is 21.6. The zero-order valence-corrected chi connectivity index (χ0v) is 18.0. The van der Waals surface area contributed by atoms with Crippen LogP contribution < -0.4 is 10.6 Å². The average molecular weight is 471 g/mol. The third-order valence-corrected chi connectivity index (χ3v) is 5.19. The summed E-state index contributed by atoms with van der Waals surface area (Å²) >= 11 is 0. The molecule has 6 heteroatoms. The Labute approximate surface area is 170 Å². The maximum absolute atomic E-state index is 12.2. The quantitative estimate of drug-likeness (QED) is 0.384. The minimum atomic E-state index is -0.999. The van der Waals surface area contributed by atoms with E-state index in [4.69, 9.17) is 0 Å². The topological polar surface area (TPSA) is 53.5 Å². The summed E-state index contributed by atoms with van der Waals surface area (Å²) in [7, 11) is 0.745. The van der Waals surface area contributed by atoms with Crippen molar-refractivity contribution in [1.82, 2.24) is 10.6 Å². The van der Waals surface area contributed by atoms with Gasteiger partial charge in [0.25, 0.3) is 0 Å². The third kappa shape index (κ3) is 6.78. The molecule has 0 bridgehead atoms. The van der Waals surface area contributed by atoms with Crippen LogP contribution in [0.4, 0.5) is 0 Å². The van der Waals surface area contributed by atoms with E-state index >= 15 is 0 Å². The fraction of sp³-hybridized carbons (Fsp3) is 0.316. The summed E-state index contributed by atoms with van der Waals surface area (Å²) < 4.78 is 12.2. The molecule has 2 aromatic rings. The lowest BCUT2D eigenvalue weighted by atomic mass is 10.0. The highest BCUT2D eigenvalue weighted by Gasteiger charge is 2.10. The lowest BCUT2D eigenvalue weighted by molar-refractivity contribution is 0.675. The fourth-order valence-corrected chi connectivity index (χ4v) is 3.49. The molecule has 0 fully saturated rings. The van der Waals surface area contributed by atoms with Gasteiger partial charge in [-0.05, 0) is 37.1 Å². The molecule has 25 heavy (non-hydrogen) atoms. The molecular formula is C19H26IN3OS. The number of hydrogen-bond donors (Lipinski definition) is 2. The molecule has 0 amide bonds. The van der Waals surface area contributed by atoms with Crippen LogP contribution in [0.25, 0.3) is 0 Å². The monoisotopic (exact) mass is 471 g/mol. The summed E-state index contributed by atoms with van der Waals surface area (Å²) in [6.07, 6.45) is 0. The van der Waals surface area contributed by atoms with Gasteiger partial charge < -0.3 is 10.6 Å². The first-order valence-electron chi connectivity index (χ1n) is 8.08. The number of aryl methyl sites for hydroxylation is 1. The summed E-state index contributed by atoms with van der Waals surface area (Å²) in [4.78, 5) is 5.11. The molecule has 2 aromatic carbocycles. The Morgan fingerprint density at radius 2 is 1.76 bits per heavy atom. The van der Waals surface area contributed by atoms with E-state index in [0.717, 1.165) is 10.9 Å². The molecular weight excluding hydrogens is 445 g/mol. The summed E-state index contributed by atoms with van der Waals surface area (Å²) in [5.41, 5.74) is 2.49. The van der Waals surface area contributed by atoms with Crippen molar-refractivity contribution in [2.24, 2.45) is 4.99 Å². The molecule has 0 saturated carbocycles. The second-order valence-electron chi connectivity index (χ2n) is 5.58. The molecule has 0 saturated heterocycles. The zero-order valence-electron chi connectivity index (χ0n) is 14.9. The van der Waals surface area contributed by atoms with Gasteiger partial charge in [0.15, 0.2) is 5.96 Å². The molecule has 2 rings (SSSR count). The fourth-order valence-electron chi connectivity index (χ4n) is 2.50. The van der Waals surface area contributed by atoms with Gasteiger partial charge in [0, 0.05) is 24.2 Å². The summed E-state index contributed by atoms with van der Waals surface area (Å²) in [6.45, 7) is 4.81. The number of hydrogen-bond acceptors (Lipinski definition) is 2. The highest BCUT2D eigenvalue weighted by molar-refractivity contribution is 14.0. The van der Waals surface area contributed by atoms with Gasteiger partial charge in [-0.3, -0.25) is 9.20 Å². The predicted molar refractivity (Wildman–Crippen MR) is 117 cm³/mol. The minimum Gasteiger partial charge on any atom is -0.355 e. The molecule has 2 unspecified atom stereocenters. The van der Waals surface area contributed by atoms with Gasteiger partial charge in [0.2, 0.25) is 0 Å². The Bertz CT molecular complexity index is 707. The Morgan fingerprint density at radius 3 is 2.40 bits per heavy atom. The molecule has 2 N–H and O–H groups in total. The van der Waals surface area contributed by atoms with Crippen molar-refractivity contribution in [2.45, 2.75) is 24.8 Å². The molecule has 2 atom stereocenters. The Hall–Kier alpha value is -1.41. The zero-order chi connectivity index (χ0) is 17.4. The van der Waals surface area contributed by atoms with Crippen LogP contribution in [0.1, 0.15) is 24.1 Å². The standard InChI is InChI=1S/C19H25N3OS.HI/c1-15-9-7-8-12-18(15)16(2)22-19(20-3)21-13-14-24(23)17-10-5-4-6-11-17;/h4-12,16H,13-14H2,1-3H3,(H2,20,21,22);1H. The molecule has 0 spiro atoms. The number of guanidine groups is 1. The van der Waals surface area contributed by atoms with Crippen molar-refractivity contribution in [3.63, 3.8) is 0 Å². The number of aliphatic imine (C=N–C) groups is 1. The van der Waals surface area contributed by atoms with Crippen molar-refractivity contribution >= 4 is 40.7 Å². The number of nitrogens with zero attached hydrogens (tertiary/aromatic N) is 1. The predicted octanol–water partition coefficient (Wildman–Crippen LogP) is 3.65. The first-order valence-corrected chi connectivity index (χ1v) is 9.40. The van der Waals surface area contributed by atoms with E-state index in [2.05, 4.69) is 41.6 Å². The summed E-state index contributed by atoms with van der Waals surface area (Å²) in [5.74, 6) is 1.26. The van der Waals surface area contributed by atoms with E-state index in [1.165, 1.54) is 11.1 Å². The van der Waals surface area contributed by atoms with Crippen molar-refractivity contribution in [1.29, 1.82) is 0 Å². The Balaban J connectivity index is 0.00000312. The maximum atomic E-state index is 12.2. The van der Waals surface area contributed by atoms with Gasteiger partial charge >= 0.3 is 0 Å². The van der Waals surface area contributed by atoms with Gasteiger partial charge in [0.05, 0.1) is 16.8 Å². The van der Waals surface area contributed by atoms with Crippen LogP contribution in [0.3, 0.4) is 0 Å². The van der Waals surface area contributed by atoms with E-state index in [1.807, 2.05) is 42.5 Å². The SMILES string of the molecule is CN=C(NCCS(=O)c1ccccc1)NC(C)c1ccccc1C.I. The van der Waals surface area contributed by atoms with Crippen molar-refractivity contribution < 1.29 is 4.21 Å². The second-order valence-corrected chi connectivity index (χ2v) is 7.15. The maximum Gasteiger partial charge on any atom is 0.191 e. The van der Waals surface area contributed by atoms with E-state index < -0.39 is 10.8 Å². The average Bonchev–Trinajstić information content (AvgIpc) is 2.61. The van der Waals surface area contributed by atoms with Gasteiger partial charge in [-0.2, -0.15) is 0 Å². The molecule has 0 aromatic heterocycles. The molecule has 0 aliphatic carbocycles. The van der Waals surface area contributed by atoms with Crippen molar-refractivity contribution in [3.8, 4) is 0 Å². The second kappa shape index (κ2) is 11.3. The number of nitrogens with one attached hydrogen (secondary N) is 2. The van der Waals surface area contributed by atoms with Gasteiger partial charge in [-0.1, -0.05) is 42.5 Å². The summed E-state index contributed by atoms with van der Waals surface area (Å²) in [5, 5.41) is 6.61. The van der Waals surface area contributed by atoms with Crippen LogP contribution in [-0.4, -0.2) is 29.5 Å². The molecule has 0 aliphatic rings. The van der Waals surface area contributed by atoms with Crippen LogP contribution in [-0.2, 0) is 10.8 Å². The van der Waals surface area contributed by atoms with E-state index in [9.17, 15) is 4.21 Å². The van der Waals surface area contributed by atoms with E-state index in [-0.39, 0.29) is 30.0 Å². The molecule has 0 radical (unpaired) electrons. The molecule has 136 valence electrons. The van der Waals surface area contributed by atoms with Gasteiger partial charge in [-0.15, -0.1) is 24.0 Å². The largest absolute Gasteiger partial charge is 0.355 e. The molecule has 0 aliphatic heterocycles. The number of rotatable bonds is 6. The summed E-state index contributed by atoms with van der Waals surface area (Å²) in [6, 6.07) is 18.0. The van der Waals surface area contributed by atoms with Crippen molar-refractivity contribution in [2.75, 3.05) is 19.3 Å². The lowest BCUT2D eigenvalue weighted by Gasteiger charge is -2.19. The lowest BCUT2D eigenvalue weighted by Crippen LogP contribution is -2.40. The normalized spacial score (nSPS) is 13.5. The molecule has 4 nitrogen and oxygen atoms in total. The minimum absolute atomic E-state index is 0. The highest BCUT2D eigenvalue weighted by atomic mass is 127. The van der Waals surface area contributed by atoms with Crippen LogP contribution in [0.2, 0.25) is 0 Å². The molecule has 0 heterocycles. The van der Waals surface area contributed by atoms with Gasteiger partial charge in [0.1, 0.15) is 0 Å². The van der Waals surface area contributed by atoms with E-state index in [0.29, 0.717) is 12.3 Å². The van der Waals surface area contributed by atoms with E-state index in [1.54, 1.807) is 7.05 Å². The Kier molecular flexibility index (Phi) is 9.74. The van der Waals surface area contributed by atoms with Crippen molar-refractivity contribution in [3.05, 3.63) is 65.7 Å². The third-order valence-electron chi connectivity index (χ3n) is 3.82. The smallest absolute Gasteiger partial charge is 0.191 e. The number of benzene rings is 2. The highest BCUT2D eigenvalue weighted by Crippen LogP contribution is 2.16. The van der Waals surface area contributed by atoms with Crippen LogP contribution >= 0.6 is 24.0 Å². The first-order chi connectivity index (χ1) is 11.6. The van der Waals surface area contributed by atoms with Gasteiger partial charge in [-0.25, -0.2) is 0 Å². The number of halogens is 1.